The maximum atomic E-state index is 12.4. The van der Waals surface area contributed by atoms with Gasteiger partial charge in [0.25, 0.3) is 0 Å². The predicted octanol–water partition coefficient (Wildman–Crippen LogP) is 4.11. The molecule has 2 unspecified atom stereocenters. The van der Waals surface area contributed by atoms with Gasteiger partial charge in [0.1, 0.15) is 12.9 Å². The second-order valence-electron chi connectivity index (χ2n) is 5.49. The molecule has 4 nitrogen and oxygen atoms in total. The number of carbonyl (C=O) groups is 1. The monoisotopic (exact) mass is 313 g/mol. The Labute approximate surface area is 132 Å². The summed E-state index contributed by atoms with van der Waals surface area (Å²) >= 11 is 1.90. The molecule has 21 heavy (non-hydrogen) atoms. The lowest BCUT2D eigenvalue weighted by molar-refractivity contribution is -0.116. The number of ketones is 1. The molecule has 2 atom stereocenters. The second-order valence-corrected chi connectivity index (χ2v) is 7.21. The molecule has 0 spiro atoms. The Morgan fingerprint density at radius 1 is 1.48 bits per heavy atom. The van der Waals surface area contributed by atoms with Gasteiger partial charge in [-0.05, 0) is 24.5 Å². The average Bonchev–Trinajstić information content (AvgIpc) is 2.38. The van der Waals surface area contributed by atoms with E-state index in [1.54, 1.807) is 0 Å². The van der Waals surface area contributed by atoms with E-state index >= 15 is 0 Å². The van der Waals surface area contributed by atoms with E-state index in [0.29, 0.717) is 35.8 Å². The van der Waals surface area contributed by atoms with Crippen LogP contribution in [0.5, 0.6) is 0 Å². The van der Waals surface area contributed by atoms with Crippen LogP contribution in [0.3, 0.4) is 0 Å². The first kappa shape index (κ1) is 18.1. The van der Waals surface area contributed by atoms with Crippen molar-refractivity contribution in [3.63, 3.8) is 0 Å². The van der Waals surface area contributed by atoms with E-state index in [1.807, 2.05) is 18.7 Å². The molecule has 0 saturated heterocycles. The lowest BCUT2D eigenvalue weighted by Gasteiger charge is -2.25. The lowest BCUT2D eigenvalue weighted by Crippen LogP contribution is -2.26. The third-order valence-electron chi connectivity index (χ3n) is 3.62. The van der Waals surface area contributed by atoms with Gasteiger partial charge in [0.15, 0.2) is 5.78 Å². The maximum Gasteiger partial charge on any atom is 0.168 e. The van der Waals surface area contributed by atoms with Gasteiger partial charge < -0.3 is 9.94 Å². The third-order valence-corrected chi connectivity index (χ3v) is 4.71. The smallest absolute Gasteiger partial charge is 0.168 e. The largest absolute Gasteiger partial charge is 0.511 e. The van der Waals surface area contributed by atoms with Crippen molar-refractivity contribution >= 4 is 23.3 Å². The molecule has 0 bridgehead atoms. The van der Waals surface area contributed by atoms with Crippen LogP contribution in [-0.2, 0) is 9.63 Å². The number of rotatable bonds is 8. The van der Waals surface area contributed by atoms with Gasteiger partial charge >= 0.3 is 0 Å². The molecule has 1 N–H and O–H groups in total. The lowest BCUT2D eigenvalue weighted by atomic mass is 9.82. The molecule has 1 rings (SSSR count). The Balaban J connectivity index is 2.84. The van der Waals surface area contributed by atoms with Crippen molar-refractivity contribution in [1.29, 1.82) is 0 Å². The molecule has 0 radical (unpaired) electrons. The maximum absolute atomic E-state index is 12.4. The quantitative estimate of drug-likeness (QED) is 0.541. The highest BCUT2D eigenvalue weighted by atomic mass is 32.2. The van der Waals surface area contributed by atoms with Gasteiger partial charge in [0.05, 0.1) is 11.3 Å². The number of aliphatic hydroxyl groups excluding tert-OH is 1. The summed E-state index contributed by atoms with van der Waals surface area (Å²) in [6.07, 6.45) is 3.54. The van der Waals surface area contributed by atoms with Crippen molar-refractivity contribution in [2.24, 2.45) is 11.1 Å². The summed E-state index contributed by atoms with van der Waals surface area (Å²) in [5, 5.41) is 14.7. The summed E-state index contributed by atoms with van der Waals surface area (Å²) in [4.78, 5) is 17.2. The first-order chi connectivity index (χ1) is 10.0. The van der Waals surface area contributed by atoms with Crippen LogP contribution in [0.4, 0.5) is 0 Å². The molecule has 5 heteroatoms. The minimum atomic E-state index is 0.00157. The SMILES string of the molecule is CCCC(=NOC)C1=C(O)CC(CC(C)SCC)CC1=O. The van der Waals surface area contributed by atoms with Crippen LogP contribution in [0, 0.1) is 5.92 Å². The summed E-state index contributed by atoms with van der Waals surface area (Å²) in [7, 11) is 1.47. The zero-order valence-corrected chi connectivity index (χ0v) is 14.3. The first-order valence-electron chi connectivity index (χ1n) is 7.70. The standard InChI is InChI=1S/C16H27NO3S/c1-5-7-13(17-20-4)16-14(18)9-12(10-15(16)19)8-11(3)21-6-2/h11-12,18H,5-10H2,1-4H3. The second kappa shape index (κ2) is 9.13. The van der Waals surface area contributed by atoms with Crippen LogP contribution in [-0.4, -0.2) is 34.7 Å². The summed E-state index contributed by atoms with van der Waals surface area (Å²) in [6.45, 7) is 6.34. The van der Waals surface area contributed by atoms with Gasteiger partial charge in [0.2, 0.25) is 0 Å². The zero-order valence-electron chi connectivity index (χ0n) is 13.5. The van der Waals surface area contributed by atoms with E-state index in [1.165, 1.54) is 7.11 Å². The average molecular weight is 313 g/mol. The van der Waals surface area contributed by atoms with Crippen molar-refractivity contribution in [3.8, 4) is 0 Å². The number of carbonyl (C=O) groups excluding carboxylic acids is 1. The highest BCUT2D eigenvalue weighted by Crippen LogP contribution is 2.32. The minimum absolute atomic E-state index is 0.00157. The van der Waals surface area contributed by atoms with Crippen LogP contribution < -0.4 is 0 Å². The molecule has 0 amide bonds. The van der Waals surface area contributed by atoms with Gasteiger partial charge in [-0.3, -0.25) is 4.79 Å². The highest BCUT2D eigenvalue weighted by molar-refractivity contribution is 7.99. The minimum Gasteiger partial charge on any atom is -0.511 e. The number of thioether (sulfide) groups is 1. The number of allylic oxidation sites excluding steroid dienone is 2. The van der Waals surface area contributed by atoms with Crippen LogP contribution in [0.15, 0.2) is 16.5 Å². The van der Waals surface area contributed by atoms with Gasteiger partial charge in [0, 0.05) is 18.1 Å². The van der Waals surface area contributed by atoms with Crippen LogP contribution in [0.2, 0.25) is 0 Å². The summed E-state index contributed by atoms with van der Waals surface area (Å²) in [6, 6.07) is 0. The number of nitrogens with zero attached hydrogens (tertiary/aromatic N) is 1. The molecule has 0 aromatic heterocycles. The fraction of sp³-hybridized carbons (Fsp3) is 0.750. The fourth-order valence-corrected chi connectivity index (χ4v) is 3.83. The van der Waals surface area contributed by atoms with Crippen molar-refractivity contribution in [3.05, 3.63) is 11.3 Å². The van der Waals surface area contributed by atoms with Crippen LogP contribution >= 0.6 is 11.8 Å². The van der Waals surface area contributed by atoms with Crippen LogP contribution in [0.1, 0.15) is 52.9 Å². The topological polar surface area (TPSA) is 58.9 Å². The Bertz CT molecular complexity index is 418. The molecule has 1 aliphatic carbocycles. The molecule has 1 aliphatic rings. The van der Waals surface area contributed by atoms with E-state index in [2.05, 4.69) is 19.0 Å². The van der Waals surface area contributed by atoms with E-state index in [-0.39, 0.29) is 17.5 Å². The van der Waals surface area contributed by atoms with E-state index in [9.17, 15) is 9.90 Å². The third kappa shape index (κ3) is 5.38. The van der Waals surface area contributed by atoms with Gasteiger partial charge in [-0.15, -0.1) is 0 Å². The molecule has 0 aromatic rings. The highest BCUT2D eigenvalue weighted by Gasteiger charge is 2.31. The molecule has 0 saturated carbocycles. The molecule has 0 fully saturated rings. The van der Waals surface area contributed by atoms with Gasteiger partial charge in [-0.1, -0.05) is 32.3 Å². The van der Waals surface area contributed by atoms with Crippen molar-refractivity contribution in [2.75, 3.05) is 12.9 Å². The molecule has 0 aliphatic heterocycles. The number of Topliss-reactive ketones (excluding diaryl/α,β-unsaturated/α-hetero) is 1. The summed E-state index contributed by atoms with van der Waals surface area (Å²) in [5.74, 6) is 1.51. The molecular formula is C16H27NO3S. The van der Waals surface area contributed by atoms with Crippen LogP contribution in [0.25, 0.3) is 0 Å². The van der Waals surface area contributed by atoms with E-state index in [0.717, 1.165) is 18.6 Å². The summed E-state index contributed by atoms with van der Waals surface area (Å²) < 4.78 is 0. The van der Waals surface area contributed by atoms with E-state index < -0.39 is 0 Å². The van der Waals surface area contributed by atoms with Gasteiger partial charge in [-0.2, -0.15) is 11.8 Å². The number of hydrogen-bond acceptors (Lipinski definition) is 5. The Hall–Kier alpha value is -0.970. The Morgan fingerprint density at radius 2 is 2.19 bits per heavy atom. The zero-order chi connectivity index (χ0) is 15.8. The van der Waals surface area contributed by atoms with Crippen molar-refractivity contribution < 1.29 is 14.7 Å². The molecule has 0 aromatic carbocycles. The summed E-state index contributed by atoms with van der Waals surface area (Å²) in [5.41, 5.74) is 0.975. The predicted molar refractivity (Wildman–Crippen MR) is 88.9 cm³/mol. The van der Waals surface area contributed by atoms with Crippen molar-refractivity contribution in [1.82, 2.24) is 0 Å². The number of oxime groups is 1. The molecule has 120 valence electrons. The fourth-order valence-electron chi connectivity index (χ4n) is 2.85. The van der Waals surface area contributed by atoms with Gasteiger partial charge in [-0.25, -0.2) is 0 Å². The normalized spacial score (nSPS) is 21.6. The number of hydrogen-bond donors (Lipinski definition) is 1. The first-order valence-corrected chi connectivity index (χ1v) is 8.75. The molecule has 0 heterocycles. The Morgan fingerprint density at radius 3 is 2.71 bits per heavy atom. The Kier molecular flexibility index (Phi) is 7.86. The number of aliphatic hydroxyl groups is 1. The van der Waals surface area contributed by atoms with Crippen molar-refractivity contribution in [2.45, 2.75) is 58.1 Å². The molecular weight excluding hydrogens is 286 g/mol. The van der Waals surface area contributed by atoms with E-state index in [4.69, 9.17) is 4.84 Å².